The van der Waals surface area contributed by atoms with Crippen molar-refractivity contribution in [1.82, 2.24) is 0 Å². The Bertz CT molecular complexity index is 737. The molecular formula is C18H17NO5. The van der Waals surface area contributed by atoms with Crippen molar-refractivity contribution in [1.29, 1.82) is 0 Å². The SMILES string of the molecule is CCOC(=O)/C=C/c1ccc(OCc2cccc([N+](=O)[O-])c2)cc1. The van der Waals surface area contributed by atoms with Gasteiger partial charge in [-0.25, -0.2) is 4.79 Å². The summed E-state index contributed by atoms with van der Waals surface area (Å²) in [4.78, 5) is 21.5. The highest BCUT2D eigenvalue weighted by Crippen LogP contribution is 2.17. The van der Waals surface area contributed by atoms with Crippen molar-refractivity contribution in [2.24, 2.45) is 0 Å². The molecule has 0 heterocycles. The van der Waals surface area contributed by atoms with Gasteiger partial charge in [0.05, 0.1) is 11.5 Å². The van der Waals surface area contributed by atoms with Gasteiger partial charge in [0.15, 0.2) is 0 Å². The van der Waals surface area contributed by atoms with E-state index in [1.54, 1.807) is 49.4 Å². The summed E-state index contributed by atoms with van der Waals surface area (Å²) in [7, 11) is 0. The zero-order chi connectivity index (χ0) is 17.4. The van der Waals surface area contributed by atoms with Gasteiger partial charge in [0, 0.05) is 18.2 Å². The first kappa shape index (κ1) is 17.2. The molecule has 0 amide bonds. The molecule has 2 rings (SSSR count). The van der Waals surface area contributed by atoms with E-state index < -0.39 is 4.92 Å². The van der Waals surface area contributed by atoms with Crippen LogP contribution >= 0.6 is 0 Å². The fraction of sp³-hybridized carbons (Fsp3) is 0.167. The highest BCUT2D eigenvalue weighted by Gasteiger charge is 2.06. The minimum atomic E-state index is -0.436. The number of esters is 1. The third kappa shape index (κ3) is 5.24. The second-order valence-electron chi connectivity index (χ2n) is 4.87. The number of rotatable bonds is 7. The van der Waals surface area contributed by atoms with Crippen LogP contribution in [0.25, 0.3) is 6.08 Å². The summed E-state index contributed by atoms with van der Waals surface area (Å²) in [6.45, 7) is 2.33. The average molecular weight is 327 g/mol. The van der Waals surface area contributed by atoms with Crippen molar-refractivity contribution in [2.75, 3.05) is 6.61 Å². The molecular weight excluding hydrogens is 310 g/mol. The second kappa shape index (κ2) is 8.47. The molecule has 0 radical (unpaired) electrons. The molecule has 0 aliphatic rings. The molecule has 6 heteroatoms. The maximum atomic E-state index is 11.2. The second-order valence-corrected chi connectivity index (χ2v) is 4.87. The van der Waals surface area contributed by atoms with Crippen molar-refractivity contribution >= 4 is 17.7 Å². The fourth-order valence-corrected chi connectivity index (χ4v) is 1.96. The Morgan fingerprint density at radius 2 is 1.96 bits per heavy atom. The number of hydrogen-bond donors (Lipinski definition) is 0. The van der Waals surface area contributed by atoms with Crippen LogP contribution in [0.2, 0.25) is 0 Å². The van der Waals surface area contributed by atoms with Crippen LogP contribution in [0.5, 0.6) is 5.75 Å². The Balaban J connectivity index is 1.93. The minimum Gasteiger partial charge on any atom is -0.489 e. The monoisotopic (exact) mass is 327 g/mol. The average Bonchev–Trinajstić information content (AvgIpc) is 2.59. The number of benzene rings is 2. The zero-order valence-electron chi connectivity index (χ0n) is 13.2. The van der Waals surface area contributed by atoms with E-state index in [9.17, 15) is 14.9 Å². The summed E-state index contributed by atoms with van der Waals surface area (Å²) < 4.78 is 10.4. The Kier molecular flexibility index (Phi) is 6.08. The molecule has 0 aliphatic heterocycles. The van der Waals surface area contributed by atoms with Gasteiger partial charge in [-0.15, -0.1) is 0 Å². The molecule has 124 valence electrons. The number of non-ortho nitro benzene ring substituents is 1. The van der Waals surface area contributed by atoms with Crippen LogP contribution in [0, 0.1) is 10.1 Å². The Hall–Kier alpha value is -3.15. The Morgan fingerprint density at radius 1 is 1.21 bits per heavy atom. The lowest BCUT2D eigenvalue weighted by atomic mass is 10.2. The summed E-state index contributed by atoms with van der Waals surface area (Å²) in [6.07, 6.45) is 3.02. The highest BCUT2D eigenvalue weighted by molar-refractivity contribution is 5.87. The molecule has 0 fully saturated rings. The number of nitro groups is 1. The van der Waals surface area contributed by atoms with E-state index in [1.807, 2.05) is 0 Å². The third-order valence-electron chi connectivity index (χ3n) is 3.11. The standard InChI is InChI=1S/C18H17NO5/c1-2-23-18(20)11-8-14-6-9-17(10-7-14)24-13-15-4-3-5-16(12-15)19(21)22/h3-12H,2,13H2,1H3/b11-8+. The molecule has 24 heavy (non-hydrogen) atoms. The van der Waals surface area contributed by atoms with E-state index in [4.69, 9.17) is 9.47 Å². The van der Waals surface area contributed by atoms with Crippen LogP contribution < -0.4 is 4.74 Å². The maximum absolute atomic E-state index is 11.2. The molecule has 0 aromatic heterocycles. The maximum Gasteiger partial charge on any atom is 0.330 e. The molecule has 6 nitrogen and oxygen atoms in total. The molecule has 2 aromatic carbocycles. The fourth-order valence-electron chi connectivity index (χ4n) is 1.96. The molecule has 0 aliphatic carbocycles. The normalized spacial score (nSPS) is 10.5. The summed E-state index contributed by atoms with van der Waals surface area (Å²) in [5.41, 5.74) is 1.59. The number of carbonyl (C=O) groups excluding carboxylic acids is 1. The summed E-state index contributed by atoms with van der Waals surface area (Å²) in [5, 5.41) is 10.7. The number of ether oxygens (including phenoxy) is 2. The van der Waals surface area contributed by atoms with Gasteiger partial charge in [-0.05, 0) is 36.3 Å². The topological polar surface area (TPSA) is 78.7 Å². The van der Waals surface area contributed by atoms with Gasteiger partial charge >= 0.3 is 5.97 Å². The lowest BCUT2D eigenvalue weighted by Crippen LogP contribution is -1.98. The molecule has 0 saturated heterocycles. The predicted molar refractivity (Wildman–Crippen MR) is 89.5 cm³/mol. The first-order valence-electron chi connectivity index (χ1n) is 7.39. The van der Waals surface area contributed by atoms with E-state index in [0.717, 1.165) is 11.1 Å². The predicted octanol–water partition coefficient (Wildman–Crippen LogP) is 3.75. The molecule has 0 atom stereocenters. The number of hydrogen-bond acceptors (Lipinski definition) is 5. The van der Waals surface area contributed by atoms with Crippen LogP contribution in [0.15, 0.2) is 54.6 Å². The first-order chi connectivity index (χ1) is 11.6. The van der Waals surface area contributed by atoms with Gasteiger partial charge in [-0.3, -0.25) is 10.1 Å². The lowest BCUT2D eigenvalue weighted by molar-refractivity contribution is -0.384. The number of nitro benzene ring substituents is 1. The van der Waals surface area contributed by atoms with Gasteiger partial charge in [0.25, 0.3) is 5.69 Å². The molecule has 0 saturated carbocycles. The molecule has 0 unspecified atom stereocenters. The highest BCUT2D eigenvalue weighted by atomic mass is 16.6. The largest absolute Gasteiger partial charge is 0.489 e. The van der Waals surface area contributed by atoms with Gasteiger partial charge in [-0.1, -0.05) is 24.3 Å². The van der Waals surface area contributed by atoms with E-state index in [-0.39, 0.29) is 18.3 Å². The van der Waals surface area contributed by atoms with Gasteiger partial charge < -0.3 is 9.47 Å². The smallest absolute Gasteiger partial charge is 0.330 e. The van der Waals surface area contributed by atoms with E-state index in [0.29, 0.717) is 12.4 Å². The van der Waals surface area contributed by atoms with Gasteiger partial charge in [0.2, 0.25) is 0 Å². The lowest BCUT2D eigenvalue weighted by Gasteiger charge is -2.06. The molecule has 0 bridgehead atoms. The van der Waals surface area contributed by atoms with Crippen LogP contribution in [0.3, 0.4) is 0 Å². The minimum absolute atomic E-state index is 0.0375. The van der Waals surface area contributed by atoms with Crippen LogP contribution in [0.1, 0.15) is 18.1 Å². The van der Waals surface area contributed by atoms with Crippen molar-refractivity contribution in [2.45, 2.75) is 13.5 Å². The van der Waals surface area contributed by atoms with Gasteiger partial charge in [0.1, 0.15) is 12.4 Å². The van der Waals surface area contributed by atoms with Gasteiger partial charge in [-0.2, -0.15) is 0 Å². The van der Waals surface area contributed by atoms with E-state index >= 15 is 0 Å². The van der Waals surface area contributed by atoms with Crippen molar-refractivity contribution in [3.8, 4) is 5.75 Å². The van der Waals surface area contributed by atoms with Crippen LogP contribution in [-0.2, 0) is 16.1 Å². The quantitative estimate of drug-likeness (QED) is 0.335. The van der Waals surface area contributed by atoms with Crippen molar-refractivity contribution < 1.29 is 19.2 Å². The Labute approximate surface area is 139 Å². The van der Waals surface area contributed by atoms with Crippen LogP contribution in [-0.4, -0.2) is 17.5 Å². The summed E-state index contributed by atoms with van der Waals surface area (Å²) in [6, 6.07) is 13.5. The Morgan fingerprint density at radius 3 is 2.62 bits per heavy atom. The summed E-state index contributed by atoms with van der Waals surface area (Å²) in [5.74, 6) is 0.248. The molecule has 0 spiro atoms. The number of nitrogens with zero attached hydrogens (tertiary/aromatic N) is 1. The first-order valence-corrected chi connectivity index (χ1v) is 7.39. The van der Waals surface area contributed by atoms with Crippen molar-refractivity contribution in [3.05, 3.63) is 75.8 Å². The van der Waals surface area contributed by atoms with Crippen LogP contribution in [0.4, 0.5) is 5.69 Å². The van der Waals surface area contributed by atoms with E-state index in [2.05, 4.69) is 0 Å². The van der Waals surface area contributed by atoms with E-state index in [1.165, 1.54) is 18.2 Å². The molecule has 2 aromatic rings. The van der Waals surface area contributed by atoms with Crippen molar-refractivity contribution in [3.63, 3.8) is 0 Å². The zero-order valence-corrected chi connectivity index (χ0v) is 13.2. The number of carbonyl (C=O) groups is 1. The third-order valence-corrected chi connectivity index (χ3v) is 3.11. The molecule has 0 N–H and O–H groups in total. The summed E-state index contributed by atoms with van der Waals surface area (Å²) >= 11 is 0.